The molecular formula is C9H20BClF3NO. The Labute approximate surface area is 100 Å². The van der Waals surface area contributed by atoms with Crippen LogP contribution in [0.15, 0.2) is 0 Å². The molecule has 98 valence electrons. The molecule has 1 aliphatic heterocycles. The van der Waals surface area contributed by atoms with Gasteiger partial charge in [-0.25, -0.2) is 0 Å². The molecule has 1 rings (SSSR count). The van der Waals surface area contributed by atoms with Crippen LogP contribution in [0.4, 0.5) is 12.9 Å². The average Bonchev–Trinajstić information content (AvgIpc) is 2.51. The van der Waals surface area contributed by atoms with Crippen molar-refractivity contribution in [3.05, 3.63) is 0 Å². The normalized spacial score (nSPS) is 19.1. The van der Waals surface area contributed by atoms with Crippen LogP contribution in [0.2, 0.25) is 0 Å². The Hall–Kier alpha value is 0.0649. The molecule has 1 aliphatic rings. The number of hydrogen-bond donors (Lipinski definition) is 0. The molecule has 0 radical (unpaired) electrons. The smallest absolute Gasteiger partial charge is 0.435 e. The second kappa shape index (κ2) is 7.40. The van der Waals surface area contributed by atoms with Crippen molar-refractivity contribution in [3.63, 3.8) is 0 Å². The third-order valence-corrected chi connectivity index (χ3v) is 2.62. The number of halogens is 4. The van der Waals surface area contributed by atoms with E-state index >= 15 is 0 Å². The lowest BCUT2D eigenvalue weighted by molar-refractivity contribution is -0.934. The van der Waals surface area contributed by atoms with E-state index in [1.54, 1.807) is 0 Å². The highest BCUT2D eigenvalue weighted by Gasteiger charge is 2.30. The van der Waals surface area contributed by atoms with E-state index in [9.17, 15) is 12.9 Å². The fourth-order valence-electron chi connectivity index (χ4n) is 2.17. The summed E-state index contributed by atoms with van der Waals surface area (Å²) >= 11 is 3.59. The SMILES string of the molecule is CCC[N+]1(COC)CCCC1.F[B-](F)(F)Cl. The van der Waals surface area contributed by atoms with Gasteiger partial charge in [-0.15, -0.1) is 0 Å². The van der Waals surface area contributed by atoms with Gasteiger partial charge in [-0.3, -0.25) is 11.5 Å². The standard InChI is InChI=1S/C9H20NO.BClF3/c1-3-6-10(9-11-2)7-4-5-8-10;2-1(3,4)5/h3-9H2,1-2H3;/q+1;-1. The van der Waals surface area contributed by atoms with E-state index in [4.69, 9.17) is 4.74 Å². The Morgan fingerprint density at radius 2 is 1.69 bits per heavy atom. The monoisotopic (exact) mass is 261 g/mol. The van der Waals surface area contributed by atoms with Crippen LogP contribution in [0.25, 0.3) is 0 Å². The van der Waals surface area contributed by atoms with Crippen molar-refractivity contribution in [3.8, 4) is 0 Å². The van der Waals surface area contributed by atoms with Gasteiger partial charge in [0.25, 0.3) is 0 Å². The molecule has 0 unspecified atom stereocenters. The van der Waals surface area contributed by atoms with Crippen LogP contribution in [0.5, 0.6) is 0 Å². The number of ether oxygens (including phenoxy) is 1. The summed E-state index contributed by atoms with van der Waals surface area (Å²) in [6.45, 7) is 7.15. The van der Waals surface area contributed by atoms with E-state index in [1.165, 1.54) is 43.4 Å². The van der Waals surface area contributed by atoms with E-state index in [-0.39, 0.29) is 0 Å². The van der Waals surface area contributed by atoms with Crippen LogP contribution in [-0.4, -0.2) is 44.4 Å². The zero-order valence-electron chi connectivity index (χ0n) is 9.89. The van der Waals surface area contributed by atoms with E-state index in [2.05, 4.69) is 18.4 Å². The van der Waals surface area contributed by atoms with Crippen LogP contribution < -0.4 is 0 Å². The molecule has 1 fully saturated rings. The first-order valence-electron chi connectivity index (χ1n) is 5.54. The van der Waals surface area contributed by atoms with Gasteiger partial charge >= 0.3 is 6.39 Å². The van der Waals surface area contributed by atoms with Crippen LogP contribution in [0.1, 0.15) is 26.2 Å². The zero-order chi connectivity index (χ0) is 12.7. The largest absolute Gasteiger partial charge is 0.576 e. The van der Waals surface area contributed by atoms with Gasteiger partial charge in [0, 0.05) is 20.0 Å². The lowest BCUT2D eigenvalue weighted by Crippen LogP contribution is -2.47. The van der Waals surface area contributed by atoms with Gasteiger partial charge in [-0.2, -0.15) is 0 Å². The molecule has 2 nitrogen and oxygen atoms in total. The minimum absolute atomic E-state index is 0.924. The summed E-state index contributed by atoms with van der Waals surface area (Å²) in [4.78, 5) is 0. The molecule has 0 saturated carbocycles. The molecule has 0 amide bonds. The molecule has 1 saturated heterocycles. The van der Waals surface area contributed by atoms with Gasteiger partial charge in [0.2, 0.25) is 0 Å². The van der Waals surface area contributed by atoms with Gasteiger partial charge in [0.15, 0.2) is 6.73 Å². The van der Waals surface area contributed by atoms with Crippen LogP contribution >= 0.6 is 11.5 Å². The fourth-order valence-corrected chi connectivity index (χ4v) is 2.17. The number of quaternary nitrogens is 1. The summed E-state index contributed by atoms with van der Waals surface area (Å²) < 4.78 is 37.0. The Kier molecular flexibility index (Phi) is 7.43. The molecule has 16 heavy (non-hydrogen) atoms. The van der Waals surface area contributed by atoms with Crippen LogP contribution in [-0.2, 0) is 4.74 Å². The highest BCUT2D eigenvalue weighted by molar-refractivity contribution is 7.08. The highest BCUT2D eigenvalue weighted by atomic mass is 35.5. The minimum atomic E-state index is -5.03. The maximum Gasteiger partial charge on any atom is 0.576 e. The number of likely N-dealkylation sites (tertiary alicyclic amines) is 1. The number of hydrogen-bond acceptors (Lipinski definition) is 1. The first-order chi connectivity index (χ1) is 7.33. The summed E-state index contributed by atoms with van der Waals surface area (Å²) in [7, 11) is 1.81. The quantitative estimate of drug-likeness (QED) is 0.558. The molecule has 0 aromatic carbocycles. The molecule has 1 heterocycles. The minimum Gasteiger partial charge on any atom is -0.435 e. The molecule has 7 heteroatoms. The summed E-state index contributed by atoms with van der Waals surface area (Å²) in [5, 5.41) is 0. The molecule has 0 aromatic rings. The van der Waals surface area contributed by atoms with E-state index in [0.29, 0.717) is 0 Å². The van der Waals surface area contributed by atoms with Gasteiger partial charge in [0.05, 0.1) is 19.6 Å². The number of nitrogens with zero attached hydrogens (tertiary/aromatic N) is 1. The summed E-state index contributed by atoms with van der Waals surface area (Å²) in [5.41, 5.74) is 0. The van der Waals surface area contributed by atoms with Crippen molar-refractivity contribution in [2.75, 3.05) is 33.5 Å². The topological polar surface area (TPSA) is 9.23 Å². The zero-order valence-corrected chi connectivity index (χ0v) is 10.7. The first kappa shape index (κ1) is 16.1. The Bertz CT molecular complexity index is 172. The highest BCUT2D eigenvalue weighted by Crippen LogP contribution is 2.19. The van der Waals surface area contributed by atoms with Crippen molar-refractivity contribution in [1.82, 2.24) is 0 Å². The van der Waals surface area contributed by atoms with Crippen molar-refractivity contribution in [2.24, 2.45) is 0 Å². The van der Waals surface area contributed by atoms with Crippen molar-refractivity contribution in [1.29, 1.82) is 0 Å². The molecule has 0 N–H and O–H groups in total. The molecular weight excluding hydrogens is 241 g/mol. The summed E-state index contributed by atoms with van der Waals surface area (Å²) in [5.74, 6) is 0. The fraction of sp³-hybridized carbons (Fsp3) is 1.00. The predicted molar refractivity (Wildman–Crippen MR) is 61.2 cm³/mol. The Morgan fingerprint density at radius 1 is 1.25 bits per heavy atom. The van der Waals surface area contributed by atoms with Gasteiger partial charge in [-0.1, -0.05) is 6.92 Å². The maximum atomic E-state index is 10.2. The molecule has 0 atom stereocenters. The van der Waals surface area contributed by atoms with E-state index in [1.807, 2.05) is 7.11 Å². The van der Waals surface area contributed by atoms with Gasteiger partial charge < -0.3 is 22.2 Å². The number of rotatable bonds is 4. The predicted octanol–water partition coefficient (Wildman–Crippen LogP) is 3.18. The lowest BCUT2D eigenvalue weighted by atomic mass is 10.4. The molecule has 0 aliphatic carbocycles. The Balaban J connectivity index is 0.000000385. The second-order valence-electron chi connectivity index (χ2n) is 4.13. The van der Waals surface area contributed by atoms with Crippen LogP contribution in [0.3, 0.4) is 0 Å². The van der Waals surface area contributed by atoms with E-state index in [0.717, 1.165) is 6.73 Å². The second-order valence-corrected chi connectivity index (χ2v) is 4.63. The van der Waals surface area contributed by atoms with Crippen LogP contribution in [0, 0.1) is 0 Å². The van der Waals surface area contributed by atoms with E-state index < -0.39 is 6.39 Å². The van der Waals surface area contributed by atoms with Crippen molar-refractivity contribution in [2.45, 2.75) is 26.2 Å². The molecule has 0 aromatic heterocycles. The van der Waals surface area contributed by atoms with Crippen molar-refractivity contribution >= 4 is 17.9 Å². The third-order valence-electron chi connectivity index (χ3n) is 2.62. The summed E-state index contributed by atoms with van der Waals surface area (Å²) in [6.07, 6.45) is -0.962. The number of methoxy groups -OCH3 is 1. The molecule has 0 spiro atoms. The molecule has 0 bridgehead atoms. The lowest BCUT2D eigenvalue weighted by Gasteiger charge is -2.32. The van der Waals surface area contributed by atoms with Crippen molar-refractivity contribution < 1.29 is 22.2 Å². The van der Waals surface area contributed by atoms with Gasteiger partial charge in [-0.05, 0) is 6.42 Å². The first-order valence-corrected chi connectivity index (χ1v) is 5.98. The van der Waals surface area contributed by atoms with Gasteiger partial charge in [0.1, 0.15) is 0 Å². The average molecular weight is 262 g/mol. The summed E-state index contributed by atoms with van der Waals surface area (Å²) in [6, 6.07) is 0. The third kappa shape index (κ3) is 8.24. The Morgan fingerprint density at radius 3 is 2.00 bits per heavy atom. The maximum absolute atomic E-state index is 10.2.